The van der Waals surface area contributed by atoms with Crippen LogP contribution in [0.1, 0.15) is 0 Å². The van der Waals surface area contributed by atoms with Gasteiger partial charge in [0, 0.05) is 30.1 Å². The van der Waals surface area contributed by atoms with Crippen LogP contribution in [-0.4, -0.2) is 22.1 Å². The Morgan fingerprint density at radius 2 is 2.07 bits per heavy atom. The zero-order chi connectivity index (χ0) is 10.7. The fourth-order valence-electron chi connectivity index (χ4n) is 1.11. The summed E-state index contributed by atoms with van der Waals surface area (Å²) in [5.41, 5.74) is 0.648. The maximum absolute atomic E-state index is 12.8. The SMILES string of the molecule is COc1ccc(-c2nccc(F)n2)cn1. The van der Waals surface area contributed by atoms with Crippen molar-refractivity contribution in [2.24, 2.45) is 0 Å². The van der Waals surface area contributed by atoms with Crippen LogP contribution in [0, 0.1) is 5.95 Å². The molecule has 0 amide bonds. The molecule has 0 radical (unpaired) electrons. The Labute approximate surface area is 85.8 Å². The summed E-state index contributed by atoms with van der Waals surface area (Å²) in [6, 6.07) is 4.59. The van der Waals surface area contributed by atoms with E-state index >= 15 is 0 Å². The summed E-state index contributed by atoms with van der Waals surface area (Å²) < 4.78 is 17.7. The van der Waals surface area contributed by atoms with Crippen LogP contribution in [0.5, 0.6) is 5.88 Å². The van der Waals surface area contributed by atoms with Crippen molar-refractivity contribution in [3.63, 3.8) is 0 Å². The first-order valence-corrected chi connectivity index (χ1v) is 4.28. The van der Waals surface area contributed by atoms with Gasteiger partial charge in [0.1, 0.15) is 0 Å². The van der Waals surface area contributed by atoms with Crippen LogP contribution in [0.25, 0.3) is 11.4 Å². The Morgan fingerprint density at radius 3 is 2.67 bits per heavy atom. The summed E-state index contributed by atoms with van der Waals surface area (Å²) in [6.07, 6.45) is 2.90. The van der Waals surface area contributed by atoms with Gasteiger partial charge in [-0.3, -0.25) is 0 Å². The van der Waals surface area contributed by atoms with E-state index in [4.69, 9.17) is 4.74 Å². The molecule has 0 aromatic carbocycles. The summed E-state index contributed by atoms with van der Waals surface area (Å²) in [5, 5.41) is 0. The predicted octanol–water partition coefficient (Wildman–Crippen LogP) is 1.69. The maximum atomic E-state index is 12.8. The van der Waals surface area contributed by atoms with Gasteiger partial charge in [0.2, 0.25) is 11.8 Å². The third-order valence-electron chi connectivity index (χ3n) is 1.83. The minimum absolute atomic E-state index is 0.310. The summed E-state index contributed by atoms with van der Waals surface area (Å²) in [5.74, 6) is 0.246. The first-order valence-electron chi connectivity index (χ1n) is 4.28. The zero-order valence-electron chi connectivity index (χ0n) is 8.01. The normalized spacial score (nSPS) is 10.0. The number of aromatic nitrogens is 3. The largest absolute Gasteiger partial charge is 0.481 e. The van der Waals surface area contributed by atoms with Crippen LogP contribution in [0.15, 0.2) is 30.6 Å². The van der Waals surface area contributed by atoms with Gasteiger partial charge in [-0.05, 0) is 6.07 Å². The fraction of sp³-hybridized carbons (Fsp3) is 0.100. The van der Waals surface area contributed by atoms with Crippen LogP contribution in [0.2, 0.25) is 0 Å². The smallest absolute Gasteiger partial charge is 0.216 e. The number of hydrogen-bond acceptors (Lipinski definition) is 4. The van der Waals surface area contributed by atoms with E-state index in [2.05, 4.69) is 15.0 Å². The molecule has 5 heteroatoms. The Bertz CT molecular complexity index is 458. The first kappa shape index (κ1) is 9.51. The lowest BCUT2D eigenvalue weighted by atomic mass is 10.2. The zero-order valence-corrected chi connectivity index (χ0v) is 8.01. The van der Waals surface area contributed by atoms with E-state index in [1.54, 1.807) is 12.1 Å². The molecule has 2 aromatic rings. The van der Waals surface area contributed by atoms with Gasteiger partial charge in [0.05, 0.1) is 7.11 Å². The molecule has 0 aliphatic carbocycles. The molecule has 76 valence electrons. The molecule has 2 heterocycles. The van der Waals surface area contributed by atoms with E-state index in [1.807, 2.05) is 0 Å². The number of ether oxygens (including phenoxy) is 1. The van der Waals surface area contributed by atoms with Crippen molar-refractivity contribution in [1.82, 2.24) is 15.0 Å². The van der Waals surface area contributed by atoms with Crippen molar-refractivity contribution < 1.29 is 9.13 Å². The molecule has 0 atom stereocenters. The van der Waals surface area contributed by atoms with Crippen molar-refractivity contribution in [3.05, 3.63) is 36.5 Å². The number of halogens is 1. The summed E-state index contributed by atoms with van der Waals surface area (Å²) >= 11 is 0. The van der Waals surface area contributed by atoms with Crippen LogP contribution in [-0.2, 0) is 0 Å². The van der Waals surface area contributed by atoms with E-state index in [1.165, 1.54) is 25.6 Å². The molecule has 0 fully saturated rings. The molecular weight excluding hydrogens is 197 g/mol. The van der Waals surface area contributed by atoms with Gasteiger partial charge in [-0.1, -0.05) is 0 Å². The second kappa shape index (κ2) is 4.00. The average molecular weight is 205 g/mol. The van der Waals surface area contributed by atoms with Gasteiger partial charge in [0.15, 0.2) is 5.82 Å². The van der Waals surface area contributed by atoms with Gasteiger partial charge in [-0.25, -0.2) is 9.97 Å². The maximum Gasteiger partial charge on any atom is 0.216 e. The van der Waals surface area contributed by atoms with Crippen LogP contribution < -0.4 is 4.74 Å². The van der Waals surface area contributed by atoms with E-state index in [0.29, 0.717) is 17.3 Å². The number of nitrogens with zero attached hydrogens (tertiary/aromatic N) is 3. The summed E-state index contributed by atoms with van der Waals surface area (Å²) in [7, 11) is 1.53. The Hall–Kier alpha value is -2.04. The molecule has 2 aromatic heterocycles. The van der Waals surface area contributed by atoms with Crippen molar-refractivity contribution in [3.8, 4) is 17.3 Å². The highest BCUT2D eigenvalue weighted by molar-refractivity contribution is 5.53. The fourth-order valence-corrected chi connectivity index (χ4v) is 1.11. The third-order valence-corrected chi connectivity index (χ3v) is 1.83. The van der Waals surface area contributed by atoms with E-state index in [9.17, 15) is 4.39 Å². The minimum Gasteiger partial charge on any atom is -0.481 e. The molecule has 4 nitrogen and oxygen atoms in total. The van der Waals surface area contributed by atoms with Crippen molar-refractivity contribution in [1.29, 1.82) is 0 Å². The molecule has 0 N–H and O–H groups in total. The van der Waals surface area contributed by atoms with Crippen LogP contribution >= 0.6 is 0 Å². The lowest BCUT2D eigenvalue weighted by molar-refractivity contribution is 0.398. The molecule has 15 heavy (non-hydrogen) atoms. The molecule has 0 saturated heterocycles. The number of pyridine rings is 1. The third kappa shape index (κ3) is 2.07. The molecule has 0 aliphatic heterocycles. The van der Waals surface area contributed by atoms with E-state index in [0.717, 1.165) is 0 Å². The van der Waals surface area contributed by atoms with Crippen LogP contribution in [0.4, 0.5) is 4.39 Å². The Morgan fingerprint density at radius 1 is 1.20 bits per heavy atom. The number of rotatable bonds is 2. The van der Waals surface area contributed by atoms with E-state index < -0.39 is 5.95 Å². The standard InChI is InChI=1S/C10H8FN3O/c1-15-9-3-2-7(6-13-9)10-12-5-4-8(11)14-10/h2-6H,1H3. The van der Waals surface area contributed by atoms with Crippen molar-refractivity contribution in [2.75, 3.05) is 7.11 Å². The molecule has 0 bridgehead atoms. The molecule has 2 rings (SSSR count). The van der Waals surface area contributed by atoms with Gasteiger partial charge in [-0.2, -0.15) is 9.37 Å². The quantitative estimate of drug-likeness (QED) is 0.700. The molecule has 0 saturated carbocycles. The number of hydrogen-bond donors (Lipinski definition) is 0. The highest BCUT2D eigenvalue weighted by atomic mass is 19.1. The number of methoxy groups -OCH3 is 1. The van der Waals surface area contributed by atoms with Crippen molar-refractivity contribution in [2.45, 2.75) is 0 Å². The second-order valence-corrected chi connectivity index (χ2v) is 2.79. The predicted molar refractivity (Wildman–Crippen MR) is 51.8 cm³/mol. The average Bonchev–Trinajstić information content (AvgIpc) is 2.29. The Balaban J connectivity index is 2.37. The van der Waals surface area contributed by atoms with E-state index in [-0.39, 0.29) is 0 Å². The molecular formula is C10H8FN3O. The second-order valence-electron chi connectivity index (χ2n) is 2.79. The van der Waals surface area contributed by atoms with Crippen molar-refractivity contribution >= 4 is 0 Å². The molecule has 0 unspecified atom stereocenters. The lowest BCUT2D eigenvalue weighted by Gasteiger charge is -2.00. The summed E-state index contributed by atoms with van der Waals surface area (Å²) in [4.78, 5) is 11.6. The van der Waals surface area contributed by atoms with Gasteiger partial charge < -0.3 is 4.74 Å². The summed E-state index contributed by atoms with van der Waals surface area (Å²) in [6.45, 7) is 0. The molecule has 0 aliphatic rings. The lowest BCUT2D eigenvalue weighted by Crippen LogP contribution is -1.93. The monoisotopic (exact) mass is 205 g/mol. The molecule has 0 spiro atoms. The highest BCUT2D eigenvalue weighted by Gasteiger charge is 2.03. The minimum atomic E-state index is -0.559. The highest BCUT2D eigenvalue weighted by Crippen LogP contribution is 2.15. The van der Waals surface area contributed by atoms with Gasteiger partial charge in [-0.15, -0.1) is 0 Å². The first-order chi connectivity index (χ1) is 7.29. The van der Waals surface area contributed by atoms with Crippen LogP contribution in [0.3, 0.4) is 0 Å². The Kier molecular flexibility index (Phi) is 2.53. The topological polar surface area (TPSA) is 47.9 Å². The van der Waals surface area contributed by atoms with Gasteiger partial charge >= 0.3 is 0 Å². The van der Waals surface area contributed by atoms with Gasteiger partial charge in [0.25, 0.3) is 0 Å².